The first-order chi connectivity index (χ1) is 16.8. The number of fused-ring (bicyclic) bond motifs is 1. The third-order valence-corrected chi connectivity index (χ3v) is 6.49. The maximum absolute atomic E-state index is 12.9. The van der Waals surface area contributed by atoms with Crippen LogP contribution in [-0.4, -0.2) is 48.7 Å². The van der Waals surface area contributed by atoms with Crippen molar-refractivity contribution < 1.29 is 28.7 Å². The van der Waals surface area contributed by atoms with Gasteiger partial charge in [0.25, 0.3) is 11.1 Å². The van der Waals surface area contributed by atoms with Crippen molar-refractivity contribution in [1.82, 2.24) is 4.90 Å². The maximum Gasteiger partial charge on any atom is 0.339 e. The van der Waals surface area contributed by atoms with Gasteiger partial charge in [-0.3, -0.25) is 19.3 Å². The second-order valence-corrected chi connectivity index (χ2v) is 8.81. The normalized spacial score (nSPS) is 14.5. The first-order valence-electron chi connectivity index (χ1n) is 10.3. The minimum atomic E-state index is -0.659. The Kier molecular flexibility index (Phi) is 7.09. The Morgan fingerprint density at radius 1 is 1.06 bits per heavy atom. The molecule has 3 aromatic carbocycles. The Bertz CT molecular complexity index is 1400. The van der Waals surface area contributed by atoms with Crippen LogP contribution in [0.1, 0.15) is 15.9 Å². The molecule has 0 atom stereocenters. The van der Waals surface area contributed by atoms with E-state index in [1.54, 1.807) is 25.3 Å². The molecule has 1 aliphatic rings. The van der Waals surface area contributed by atoms with Gasteiger partial charge in [-0.05, 0) is 53.1 Å². The van der Waals surface area contributed by atoms with Crippen molar-refractivity contribution in [2.24, 2.45) is 0 Å². The van der Waals surface area contributed by atoms with Crippen LogP contribution in [0.2, 0.25) is 5.02 Å². The number of methoxy groups -OCH3 is 2. The van der Waals surface area contributed by atoms with Gasteiger partial charge in [-0.25, -0.2) is 4.79 Å². The van der Waals surface area contributed by atoms with Gasteiger partial charge in [0.2, 0.25) is 5.91 Å². The van der Waals surface area contributed by atoms with E-state index in [4.69, 9.17) is 16.3 Å². The molecule has 4 rings (SSSR count). The van der Waals surface area contributed by atoms with Crippen molar-refractivity contribution in [3.8, 4) is 5.75 Å². The lowest BCUT2D eigenvalue weighted by Crippen LogP contribution is -2.36. The lowest BCUT2D eigenvalue weighted by Gasteiger charge is -2.13. The number of rotatable bonds is 6. The van der Waals surface area contributed by atoms with Gasteiger partial charge < -0.3 is 14.8 Å². The summed E-state index contributed by atoms with van der Waals surface area (Å²) in [5.74, 6) is -1.14. The van der Waals surface area contributed by atoms with Crippen LogP contribution in [0.25, 0.3) is 16.8 Å². The fourth-order valence-corrected chi connectivity index (χ4v) is 4.61. The van der Waals surface area contributed by atoms with Gasteiger partial charge in [-0.15, -0.1) is 0 Å². The molecule has 178 valence electrons. The molecule has 1 saturated heterocycles. The molecule has 1 aliphatic heterocycles. The van der Waals surface area contributed by atoms with E-state index >= 15 is 0 Å². The Labute approximate surface area is 209 Å². The quantitative estimate of drug-likeness (QED) is 0.369. The number of hydrogen-bond donors (Lipinski definition) is 1. The molecular formula is C25H19ClN2O6S. The third kappa shape index (κ3) is 5.01. The van der Waals surface area contributed by atoms with Crippen LogP contribution < -0.4 is 10.1 Å². The van der Waals surface area contributed by atoms with E-state index in [2.05, 4.69) is 10.1 Å². The summed E-state index contributed by atoms with van der Waals surface area (Å²) in [6.45, 7) is -0.485. The highest BCUT2D eigenvalue weighted by Crippen LogP contribution is 2.35. The number of nitrogens with one attached hydrogen (secondary N) is 1. The summed E-state index contributed by atoms with van der Waals surface area (Å²) in [7, 11) is 2.80. The smallest absolute Gasteiger partial charge is 0.339 e. The van der Waals surface area contributed by atoms with Gasteiger partial charge in [-0.1, -0.05) is 41.9 Å². The van der Waals surface area contributed by atoms with Crippen molar-refractivity contribution in [3.05, 3.63) is 75.7 Å². The number of benzene rings is 3. The molecule has 0 aliphatic carbocycles. The number of imide groups is 1. The van der Waals surface area contributed by atoms with Gasteiger partial charge in [0.1, 0.15) is 12.3 Å². The van der Waals surface area contributed by atoms with Crippen LogP contribution in [0, 0.1) is 0 Å². The summed E-state index contributed by atoms with van der Waals surface area (Å²) >= 11 is 6.75. The van der Waals surface area contributed by atoms with Crippen molar-refractivity contribution >= 4 is 68.9 Å². The van der Waals surface area contributed by atoms with Crippen LogP contribution in [0.15, 0.2) is 59.5 Å². The van der Waals surface area contributed by atoms with Crippen molar-refractivity contribution in [3.63, 3.8) is 0 Å². The molecule has 3 aromatic rings. The Hall–Kier alpha value is -3.82. The highest BCUT2D eigenvalue weighted by atomic mass is 35.5. The van der Waals surface area contributed by atoms with E-state index < -0.39 is 29.6 Å². The molecule has 3 amide bonds. The van der Waals surface area contributed by atoms with E-state index in [1.165, 1.54) is 25.3 Å². The Morgan fingerprint density at radius 2 is 1.80 bits per heavy atom. The van der Waals surface area contributed by atoms with Gasteiger partial charge in [0, 0.05) is 11.1 Å². The molecule has 1 heterocycles. The van der Waals surface area contributed by atoms with E-state index in [0.717, 1.165) is 33.0 Å². The number of thioether (sulfide) groups is 1. The van der Waals surface area contributed by atoms with Crippen molar-refractivity contribution in [2.75, 3.05) is 26.1 Å². The number of esters is 1. The Morgan fingerprint density at radius 3 is 2.51 bits per heavy atom. The standard InChI is InChI=1S/C25H19ClN2O6S/c1-33-20-10-7-14(16-5-3-4-6-17(16)20)11-21-23(30)28(25(32)35-21)13-22(29)27-15-8-9-19(26)18(12-15)24(31)34-2/h3-12H,13H2,1-2H3,(H,27,29)/b21-11+. The maximum atomic E-state index is 12.9. The number of carbonyl (C=O) groups is 4. The molecule has 8 nitrogen and oxygen atoms in total. The number of nitrogens with zero attached hydrogens (tertiary/aromatic N) is 1. The molecule has 0 aromatic heterocycles. The van der Waals surface area contributed by atoms with Crippen molar-refractivity contribution in [1.29, 1.82) is 0 Å². The largest absolute Gasteiger partial charge is 0.496 e. The van der Waals surface area contributed by atoms with Gasteiger partial charge in [0.05, 0.1) is 29.7 Å². The fraction of sp³-hybridized carbons (Fsp3) is 0.120. The number of halogens is 1. The molecule has 0 bridgehead atoms. The molecular weight excluding hydrogens is 492 g/mol. The number of ether oxygens (including phenoxy) is 2. The summed E-state index contributed by atoms with van der Waals surface area (Å²) in [4.78, 5) is 50.9. The number of hydrogen-bond acceptors (Lipinski definition) is 7. The summed E-state index contributed by atoms with van der Waals surface area (Å²) in [6.07, 6.45) is 1.63. The lowest BCUT2D eigenvalue weighted by atomic mass is 10.0. The molecule has 0 radical (unpaired) electrons. The first kappa shape index (κ1) is 24.3. The molecule has 0 saturated carbocycles. The molecule has 35 heavy (non-hydrogen) atoms. The zero-order chi connectivity index (χ0) is 25.1. The van der Waals surface area contributed by atoms with Gasteiger partial charge in [0.15, 0.2) is 0 Å². The summed E-state index contributed by atoms with van der Waals surface area (Å²) in [5.41, 5.74) is 1.09. The zero-order valence-corrected chi connectivity index (χ0v) is 20.2. The summed E-state index contributed by atoms with van der Waals surface area (Å²) < 4.78 is 10.1. The SMILES string of the molecule is COC(=O)c1cc(NC(=O)CN2C(=O)S/C(=C/c3ccc(OC)c4ccccc34)C2=O)ccc1Cl. The number of amides is 3. The van der Waals surface area contributed by atoms with Crippen molar-refractivity contribution in [2.45, 2.75) is 0 Å². The van der Waals surface area contributed by atoms with Crippen LogP contribution in [-0.2, 0) is 14.3 Å². The Balaban J connectivity index is 1.52. The average Bonchev–Trinajstić information content (AvgIpc) is 3.12. The third-order valence-electron chi connectivity index (χ3n) is 5.26. The topological polar surface area (TPSA) is 102 Å². The average molecular weight is 511 g/mol. The van der Waals surface area contributed by atoms with E-state index in [9.17, 15) is 19.2 Å². The van der Waals surface area contributed by atoms with Gasteiger partial charge >= 0.3 is 5.97 Å². The fourth-order valence-electron chi connectivity index (χ4n) is 3.59. The molecule has 1 N–H and O–H groups in total. The highest BCUT2D eigenvalue weighted by Gasteiger charge is 2.36. The minimum Gasteiger partial charge on any atom is -0.496 e. The van der Waals surface area contributed by atoms with E-state index in [0.29, 0.717) is 5.75 Å². The monoisotopic (exact) mass is 510 g/mol. The molecule has 1 fully saturated rings. The highest BCUT2D eigenvalue weighted by molar-refractivity contribution is 8.18. The predicted molar refractivity (Wildman–Crippen MR) is 135 cm³/mol. The second-order valence-electron chi connectivity index (χ2n) is 7.40. The lowest BCUT2D eigenvalue weighted by molar-refractivity contribution is -0.127. The van der Waals surface area contributed by atoms with E-state index in [1.807, 2.05) is 24.3 Å². The summed E-state index contributed by atoms with van der Waals surface area (Å²) in [6, 6.07) is 15.4. The summed E-state index contributed by atoms with van der Waals surface area (Å²) in [5, 5.41) is 3.91. The van der Waals surface area contributed by atoms with Crippen LogP contribution in [0.3, 0.4) is 0 Å². The van der Waals surface area contributed by atoms with Crippen LogP contribution in [0.5, 0.6) is 5.75 Å². The number of anilines is 1. The van der Waals surface area contributed by atoms with Crippen LogP contribution in [0.4, 0.5) is 10.5 Å². The molecule has 10 heteroatoms. The molecule has 0 spiro atoms. The van der Waals surface area contributed by atoms with Gasteiger partial charge in [-0.2, -0.15) is 0 Å². The second kappa shape index (κ2) is 10.2. The number of carbonyl (C=O) groups excluding carboxylic acids is 4. The predicted octanol–water partition coefficient (Wildman–Crippen LogP) is 4.96. The zero-order valence-electron chi connectivity index (χ0n) is 18.7. The first-order valence-corrected chi connectivity index (χ1v) is 11.5. The molecule has 0 unspecified atom stereocenters. The van der Waals surface area contributed by atoms with Crippen LogP contribution >= 0.6 is 23.4 Å². The van der Waals surface area contributed by atoms with E-state index in [-0.39, 0.29) is 21.2 Å². The minimum absolute atomic E-state index is 0.0767.